The number of nitrogens with one attached hydrogen (secondary N) is 1. The fraction of sp³-hybridized carbons (Fsp3) is 0.500. The van der Waals surface area contributed by atoms with Crippen LogP contribution in [0.15, 0.2) is 24.3 Å². The number of Topliss-reactive ketones (excluding diaryl/α,β-unsaturated/α-hetero) is 1. The van der Waals surface area contributed by atoms with E-state index in [1.54, 1.807) is 31.2 Å². The van der Waals surface area contributed by atoms with Gasteiger partial charge in [0, 0.05) is 17.2 Å². The van der Waals surface area contributed by atoms with E-state index < -0.39 is 0 Å². The van der Waals surface area contributed by atoms with E-state index >= 15 is 0 Å². The summed E-state index contributed by atoms with van der Waals surface area (Å²) < 4.78 is 0. The van der Waals surface area contributed by atoms with Gasteiger partial charge in [-0.05, 0) is 55.9 Å². The lowest BCUT2D eigenvalue weighted by molar-refractivity contribution is -0.117. The van der Waals surface area contributed by atoms with Crippen molar-refractivity contribution in [2.24, 2.45) is 17.8 Å². The molecule has 2 fully saturated rings. The van der Waals surface area contributed by atoms with Gasteiger partial charge in [-0.25, -0.2) is 0 Å². The average molecular weight is 257 g/mol. The predicted molar refractivity (Wildman–Crippen MR) is 74.0 cm³/mol. The van der Waals surface area contributed by atoms with Gasteiger partial charge in [0.25, 0.3) is 0 Å². The maximum Gasteiger partial charge on any atom is 0.228 e. The Labute approximate surface area is 113 Å². The van der Waals surface area contributed by atoms with Crippen LogP contribution in [-0.4, -0.2) is 11.7 Å². The number of benzene rings is 1. The van der Waals surface area contributed by atoms with Crippen LogP contribution < -0.4 is 5.32 Å². The summed E-state index contributed by atoms with van der Waals surface area (Å²) in [6.07, 6.45) is 4.98. The van der Waals surface area contributed by atoms with Gasteiger partial charge in [-0.1, -0.05) is 12.8 Å². The molecule has 2 aliphatic carbocycles. The normalized spacial score (nSPS) is 28.4. The van der Waals surface area contributed by atoms with Gasteiger partial charge < -0.3 is 5.32 Å². The van der Waals surface area contributed by atoms with Crippen molar-refractivity contribution >= 4 is 17.4 Å². The van der Waals surface area contributed by atoms with Crippen molar-refractivity contribution in [3.8, 4) is 0 Å². The Bertz CT molecular complexity index is 494. The molecule has 0 radical (unpaired) electrons. The number of rotatable bonds is 3. The van der Waals surface area contributed by atoms with Crippen molar-refractivity contribution in [2.75, 3.05) is 5.32 Å². The summed E-state index contributed by atoms with van der Waals surface area (Å²) in [6.45, 7) is 1.54. The van der Waals surface area contributed by atoms with Crippen LogP contribution in [0.2, 0.25) is 0 Å². The van der Waals surface area contributed by atoms with Gasteiger partial charge in [0.1, 0.15) is 0 Å². The lowest BCUT2D eigenvalue weighted by atomic mass is 10.0. The Kier molecular flexibility index (Phi) is 3.13. The van der Waals surface area contributed by atoms with Crippen LogP contribution in [0.4, 0.5) is 5.69 Å². The number of ketones is 1. The van der Waals surface area contributed by atoms with E-state index in [0.717, 1.165) is 5.69 Å². The highest BCUT2D eigenvalue weighted by Crippen LogP contribution is 2.55. The molecule has 2 unspecified atom stereocenters. The molecule has 2 atom stereocenters. The summed E-state index contributed by atoms with van der Waals surface area (Å²) in [5.74, 6) is 1.70. The van der Waals surface area contributed by atoms with Gasteiger partial charge in [-0.15, -0.1) is 0 Å². The molecule has 2 saturated carbocycles. The molecule has 3 rings (SSSR count). The Balaban J connectivity index is 1.62. The standard InChI is InChI=1S/C16H19NO2/c1-10(18)11-6-8-12(9-7-11)17-16(19)15-13-4-2-3-5-14(13)15/h6-9,13-15H,2-5H2,1H3,(H,17,19). The largest absolute Gasteiger partial charge is 0.326 e. The van der Waals surface area contributed by atoms with Crippen molar-refractivity contribution in [2.45, 2.75) is 32.6 Å². The third kappa shape index (κ3) is 2.42. The fourth-order valence-corrected chi connectivity index (χ4v) is 3.40. The number of hydrogen-bond donors (Lipinski definition) is 1. The fourth-order valence-electron chi connectivity index (χ4n) is 3.40. The molecular formula is C16H19NO2. The van der Waals surface area contributed by atoms with Gasteiger partial charge >= 0.3 is 0 Å². The van der Waals surface area contributed by atoms with Crippen LogP contribution >= 0.6 is 0 Å². The van der Waals surface area contributed by atoms with E-state index in [9.17, 15) is 9.59 Å². The SMILES string of the molecule is CC(=O)c1ccc(NC(=O)C2C3CCCCC32)cc1. The Morgan fingerprint density at radius 2 is 1.63 bits per heavy atom. The summed E-state index contributed by atoms with van der Waals surface area (Å²) in [4.78, 5) is 23.4. The Morgan fingerprint density at radius 1 is 1.05 bits per heavy atom. The third-order valence-corrected chi connectivity index (χ3v) is 4.52. The van der Waals surface area contributed by atoms with Crippen molar-refractivity contribution in [1.82, 2.24) is 0 Å². The third-order valence-electron chi connectivity index (χ3n) is 4.52. The summed E-state index contributed by atoms with van der Waals surface area (Å²) in [7, 11) is 0. The number of hydrogen-bond acceptors (Lipinski definition) is 2. The number of fused-ring (bicyclic) bond motifs is 1. The second-order valence-corrected chi connectivity index (χ2v) is 5.76. The van der Waals surface area contributed by atoms with E-state index in [1.165, 1.54) is 25.7 Å². The minimum absolute atomic E-state index is 0.0473. The van der Waals surface area contributed by atoms with E-state index in [4.69, 9.17) is 0 Å². The molecule has 0 spiro atoms. The molecule has 0 bridgehead atoms. The molecule has 3 heteroatoms. The number of amides is 1. The van der Waals surface area contributed by atoms with Crippen molar-refractivity contribution < 1.29 is 9.59 Å². The Hall–Kier alpha value is -1.64. The van der Waals surface area contributed by atoms with Gasteiger partial charge in [-0.2, -0.15) is 0 Å². The molecule has 1 amide bonds. The highest BCUT2D eigenvalue weighted by atomic mass is 16.2. The van der Waals surface area contributed by atoms with Gasteiger partial charge in [0.15, 0.2) is 5.78 Å². The lowest BCUT2D eigenvalue weighted by Crippen LogP contribution is -2.15. The van der Waals surface area contributed by atoms with Crippen molar-refractivity contribution in [3.63, 3.8) is 0 Å². The summed E-state index contributed by atoms with van der Waals surface area (Å²) in [6, 6.07) is 7.14. The molecule has 0 aromatic heterocycles. The molecule has 2 aliphatic rings. The zero-order valence-electron chi connectivity index (χ0n) is 11.2. The summed E-state index contributed by atoms with van der Waals surface area (Å²) in [5.41, 5.74) is 1.47. The second-order valence-electron chi connectivity index (χ2n) is 5.76. The predicted octanol–water partition coefficient (Wildman–Crippen LogP) is 3.26. The monoisotopic (exact) mass is 257 g/mol. The van der Waals surface area contributed by atoms with E-state index in [-0.39, 0.29) is 17.6 Å². The van der Waals surface area contributed by atoms with E-state index in [0.29, 0.717) is 17.4 Å². The minimum Gasteiger partial charge on any atom is -0.326 e. The average Bonchev–Trinajstić information content (AvgIpc) is 3.13. The maximum absolute atomic E-state index is 12.2. The highest BCUT2D eigenvalue weighted by Gasteiger charge is 2.54. The first kappa shape index (κ1) is 12.4. The summed E-state index contributed by atoms with van der Waals surface area (Å²) in [5, 5.41) is 2.98. The highest BCUT2D eigenvalue weighted by molar-refractivity contribution is 5.97. The van der Waals surface area contributed by atoms with E-state index in [1.807, 2.05) is 0 Å². The Morgan fingerprint density at radius 3 is 2.16 bits per heavy atom. The minimum atomic E-state index is 0.0473. The molecule has 0 aliphatic heterocycles. The van der Waals surface area contributed by atoms with Crippen LogP contribution in [0.3, 0.4) is 0 Å². The quantitative estimate of drug-likeness (QED) is 0.845. The number of carbonyl (C=O) groups is 2. The molecule has 100 valence electrons. The lowest BCUT2D eigenvalue weighted by Gasteiger charge is -2.05. The van der Waals surface area contributed by atoms with Crippen molar-refractivity contribution in [3.05, 3.63) is 29.8 Å². The molecule has 0 saturated heterocycles. The zero-order valence-corrected chi connectivity index (χ0v) is 11.2. The van der Waals surface area contributed by atoms with Gasteiger partial charge in [-0.3, -0.25) is 9.59 Å². The summed E-state index contributed by atoms with van der Waals surface area (Å²) >= 11 is 0. The smallest absolute Gasteiger partial charge is 0.228 e. The topological polar surface area (TPSA) is 46.2 Å². The van der Waals surface area contributed by atoms with Crippen LogP contribution in [0.5, 0.6) is 0 Å². The molecular weight excluding hydrogens is 238 g/mol. The van der Waals surface area contributed by atoms with Crippen molar-refractivity contribution in [1.29, 1.82) is 0 Å². The van der Waals surface area contributed by atoms with Crippen LogP contribution in [0, 0.1) is 17.8 Å². The molecule has 1 aromatic rings. The molecule has 1 aromatic carbocycles. The van der Waals surface area contributed by atoms with Gasteiger partial charge in [0.2, 0.25) is 5.91 Å². The second kappa shape index (κ2) is 4.80. The maximum atomic E-state index is 12.2. The first-order valence-electron chi connectivity index (χ1n) is 7.08. The van der Waals surface area contributed by atoms with E-state index in [2.05, 4.69) is 5.32 Å². The number of anilines is 1. The van der Waals surface area contributed by atoms with Gasteiger partial charge in [0.05, 0.1) is 0 Å². The molecule has 19 heavy (non-hydrogen) atoms. The van der Waals surface area contributed by atoms with Crippen LogP contribution in [0.1, 0.15) is 43.0 Å². The molecule has 1 N–H and O–H groups in total. The van der Waals surface area contributed by atoms with Crippen LogP contribution in [0.25, 0.3) is 0 Å². The first-order chi connectivity index (χ1) is 9.16. The zero-order chi connectivity index (χ0) is 13.4. The number of carbonyl (C=O) groups excluding carboxylic acids is 2. The molecule has 3 nitrogen and oxygen atoms in total. The first-order valence-corrected chi connectivity index (χ1v) is 7.08. The van der Waals surface area contributed by atoms with Crippen LogP contribution in [-0.2, 0) is 4.79 Å². The molecule has 0 heterocycles.